The maximum Gasteiger partial charge on any atom is 0.224 e. The molecule has 1 heterocycles. The van der Waals surface area contributed by atoms with Crippen LogP contribution >= 0.6 is 0 Å². The maximum absolute atomic E-state index is 12.0. The Bertz CT molecular complexity index is 507. The molecule has 100 valence electrons. The number of hydrogen-bond acceptors (Lipinski definition) is 2. The van der Waals surface area contributed by atoms with E-state index in [0.29, 0.717) is 12.3 Å². The molecule has 0 spiro atoms. The van der Waals surface area contributed by atoms with Crippen LogP contribution in [0.25, 0.3) is 0 Å². The summed E-state index contributed by atoms with van der Waals surface area (Å²) in [5.41, 5.74) is 3.63. The zero-order valence-electron chi connectivity index (χ0n) is 11.1. The molecule has 0 saturated carbocycles. The molecule has 3 nitrogen and oxygen atoms in total. The number of anilines is 1. The largest absolute Gasteiger partial charge is 0.326 e. The first-order valence-corrected chi connectivity index (χ1v) is 7.10. The van der Waals surface area contributed by atoms with Gasteiger partial charge in [0.05, 0.1) is 0 Å². The second-order valence-electron chi connectivity index (χ2n) is 5.43. The normalized spacial score (nSPS) is 21.2. The quantitative estimate of drug-likeness (QED) is 0.816. The van der Waals surface area contributed by atoms with Crippen molar-refractivity contribution in [2.75, 3.05) is 11.9 Å². The summed E-state index contributed by atoms with van der Waals surface area (Å²) in [6, 6.07) is 6.26. The van der Waals surface area contributed by atoms with E-state index in [1.54, 1.807) is 0 Å². The van der Waals surface area contributed by atoms with Gasteiger partial charge in [-0.25, -0.2) is 0 Å². The first-order chi connectivity index (χ1) is 9.31. The Morgan fingerprint density at radius 2 is 2.32 bits per heavy atom. The zero-order valence-corrected chi connectivity index (χ0v) is 11.1. The highest BCUT2D eigenvalue weighted by Crippen LogP contribution is 2.22. The Labute approximate surface area is 114 Å². The number of allylic oxidation sites excluding steroid dienone is 2. The number of nitrogens with one attached hydrogen (secondary N) is 2. The van der Waals surface area contributed by atoms with Gasteiger partial charge < -0.3 is 10.6 Å². The first kappa shape index (κ1) is 12.4. The number of carbonyl (C=O) groups excluding carboxylic acids is 1. The summed E-state index contributed by atoms with van der Waals surface area (Å²) >= 11 is 0. The van der Waals surface area contributed by atoms with Crippen molar-refractivity contribution in [2.24, 2.45) is 5.92 Å². The van der Waals surface area contributed by atoms with E-state index >= 15 is 0 Å². The van der Waals surface area contributed by atoms with Crippen molar-refractivity contribution in [2.45, 2.75) is 32.2 Å². The number of amides is 1. The average molecular weight is 256 g/mol. The van der Waals surface area contributed by atoms with Crippen molar-refractivity contribution in [3.05, 3.63) is 41.5 Å². The van der Waals surface area contributed by atoms with Crippen LogP contribution in [-0.4, -0.2) is 12.5 Å². The molecular formula is C16H20N2O. The molecule has 1 aliphatic heterocycles. The zero-order chi connectivity index (χ0) is 13.1. The third-order valence-corrected chi connectivity index (χ3v) is 3.94. The molecule has 0 bridgehead atoms. The Morgan fingerprint density at radius 1 is 1.37 bits per heavy atom. The van der Waals surface area contributed by atoms with Gasteiger partial charge in [-0.3, -0.25) is 4.79 Å². The van der Waals surface area contributed by atoms with Crippen LogP contribution in [0.3, 0.4) is 0 Å². The molecule has 3 heteroatoms. The number of fused-ring (bicyclic) bond motifs is 1. The summed E-state index contributed by atoms with van der Waals surface area (Å²) in [5.74, 6) is 0.555. The smallest absolute Gasteiger partial charge is 0.224 e. The highest BCUT2D eigenvalue weighted by Gasteiger charge is 2.15. The number of carbonyl (C=O) groups is 1. The maximum atomic E-state index is 12.0. The highest BCUT2D eigenvalue weighted by molar-refractivity contribution is 5.91. The molecule has 1 unspecified atom stereocenters. The lowest BCUT2D eigenvalue weighted by Crippen LogP contribution is -2.24. The molecule has 1 aliphatic carbocycles. The van der Waals surface area contributed by atoms with Gasteiger partial charge in [0.25, 0.3) is 0 Å². The van der Waals surface area contributed by atoms with Crippen molar-refractivity contribution in [3.8, 4) is 0 Å². The van der Waals surface area contributed by atoms with E-state index in [4.69, 9.17) is 0 Å². The predicted octanol–water partition coefficient (Wildman–Crippen LogP) is 2.63. The van der Waals surface area contributed by atoms with E-state index in [1.807, 2.05) is 6.07 Å². The minimum absolute atomic E-state index is 0.125. The summed E-state index contributed by atoms with van der Waals surface area (Å²) in [4.78, 5) is 12.0. The molecular weight excluding hydrogens is 236 g/mol. The minimum Gasteiger partial charge on any atom is -0.326 e. The van der Waals surface area contributed by atoms with E-state index < -0.39 is 0 Å². The molecule has 0 saturated heterocycles. The summed E-state index contributed by atoms with van der Waals surface area (Å²) in [6.45, 7) is 1.96. The van der Waals surface area contributed by atoms with E-state index in [-0.39, 0.29) is 5.91 Å². The molecule has 19 heavy (non-hydrogen) atoms. The molecule has 2 N–H and O–H groups in total. The van der Waals surface area contributed by atoms with Gasteiger partial charge in [-0.05, 0) is 55.0 Å². The first-order valence-electron chi connectivity index (χ1n) is 7.10. The van der Waals surface area contributed by atoms with Crippen LogP contribution in [0.2, 0.25) is 0 Å². The van der Waals surface area contributed by atoms with Gasteiger partial charge in [0.2, 0.25) is 5.91 Å². The SMILES string of the molecule is O=C(CC1C=CCC1)Nc1ccc2c(c1)CNCC2. The van der Waals surface area contributed by atoms with E-state index in [0.717, 1.165) is 38.0 Å². The highest BCUT2D eigenvalue weighted by atomic mass is 16.1. The number of benzene rings is 1. The molecule has 0 aromatic heterocycles. The molecule has 1 aromatic rings. The molecule has 0 radical (unpaired) electrons. The predicted molar refractivity (Wildman–Crippen MR) is 77.0 cm³/mol. The fourth-order valence-electron chi connectivity index (χ4n) is 2.87. The molecule has 0 fully saturated rings. The van der Waals surface area contributed by atoms with Gasteiger partial charge in [-0.1, -0.05) is 18.2 Å². The minimum atomic E-state index is 0.125. The lowest BCUT2D eigenvalue weighted by Gasteiger charge is -2.18. The van der Waals surface area contributed by atoms with Gasteiger partial charge in [0, 0.05) is 18.7 Å². The average Bonchev–Trinajstić information content (AvgIpc) is 2.91. The molecule has 1 amide bonds. The molecule has 3 rings (SSSR count). The van der Waals surface area contributed by atoms with Crippen LogP contribution in [0, 0.1) is 5.92 Å². The van der Waals surface area contributed by atoms with Gasteiger partial charge in [0.15, 0.2) is 0 Å². The van der Waals surface area contributed by atoms with Crippen molar-refractivity contribution in [1.29, 1.82) is 0 Å². The lowest BCUT2D eigenvalue weighted by molar-refractivity contribution is -0.116. The van der Waals surface area contributed by atoms with Crippen molar-refractivity contribution < 1.29 is 4.79 Å². The topological polar surface area (TPSA) is 41.1 Å². The van der Waals surface area contributed by atoms with Gasteiger partial charge >= 0.3 is 0 Å². The Balaban J connectivity index is 1.62. The number of rotatable bonds is 3. The van der Waals surface area contributed by atoms with Crippen LogP contribution in [-0.2, 0) is 17.8 Å². The van der Waals surface area contributed by atoms with E-state index in [1.165, 1.54) is 11.1 Å². The van der Waals surface area contributed by atoms with Crippen LogP contribution in [0.1, 0.15) is 30.4 Å². The summed E-state index contributed by atoms with van der Waals surface area (Å²) < 4.78 is 0. The second-order valence-corrected chi connectivity index (χ2v) is 5.43. The fourth-order valence-corrected chi connectivity index (χ4v) is 2.87. The fraction of sp³-hybridized carbons (Fsp3) is 0.438. The van der Waals surface area contributed by atoms with Crippen LogP contribution in [0.15, 0.2) is 30.4 Å². The van der Waals surface area contributed by atoms with Crippen LogP contribution in [0.4, 0.5) is 5.69 Å². The second kappa shape index (κ2) is 5.57. The van der Waals surface area contributed by atoms with Gasteiger partial charge in [0.1, 0.15) is 0 Å². The Kier molecular flexibility index (Phi) is 3.65. The Hall–Kier alpha value is -1.61. The lowest BCUT2D eigenvalue weighted by atomic mass is 10.00. The third kappa shape index (κ3) is 3.04. The van der Waals surface area contributed by atoms with Crippen LogP contribution < -0.4 is 10.6 Å². The van der Waals surface area contributed by atoms with E-state index in [9.17, 15) is 4.79 Å². The molecule has 2 aliphatic rings. The van der Waals surface area contributed by atoms with Gasteiger partial charge in [-0.15, -0.1) is 0 Å². The standard InChI is InChI=1S/C16H20N2O/c19-16(9-12-3-1-2-4-12)18-15-6-5-13-7-8-17-11-14(13)10-15/h1,3,5-6,10,12,17H,2,4,7-9,11H2,(H,18,19). The van der Waals surface area contributed by atoms with E-state index in [2.05, 4.69) is 34.9 Å². The summed E-state index contributed by atoms with van der Waals surface area (Å²) in [5, 5.41) is 6.38. The Morgan fingerprint density at radius 3 is 3.16 bits per heavy atom. The third-order valence-electron chi connectivity index (χ3n) is 3.94. The number of hydrogen-bond donors (Lipinski definition) is 2. The summed E-state index contributed by atoms with van der Waals surface area (Å²) in [7, 11) is 0. The van der Waals surface area contributed by atoms with Gasteiger partial charge in [-0.2, -0.15) is 0 Å². The summed E-state index contributed by atoms with van der Waals surface area (Å²) in [6.07, 6.45) is 8.24. The monoisotopic (exact) mass is 256 g/mol. The van der Waals surface area contributed by atoms with Crippen molar-refractivity contribution in [1.82, 2.24) is 5.32 Å². The van der Waals surface area contributed by atoms with Crippen LogP contribution in [0.5, 0.6) is 0 Å². The van der Waals surface area contributed by atoms with Crippen molar-refractivity contribution in [3.63, 3.8) is 0 Å². The molecule has 1 aromatic carbocycles. The molecule has 1 atom stereocenters. The van der Waals surface area contributed by atoms with Crippen molar-refractivity contribution >= 4 is 11.6 Å².